The van der Waals surface area contributed by atoms with Crippen LogP contribution in [0.25, 0.3) is 0 Å². The predicted octanol–water partition coefficient (Wildman–Crippen LogP) is 2.83. The van der Waals surface area contributed by atoms with Gasteiger partial charge in [0.25, 0.3) is 0 Å². The number of nitrogens with one attached hydrogen (secondary N) is 1. The Morgan fingerprint density at radius 1 is 1.40 bits per heavy atom. The Kier molecular flexibility index (Phi) is 5.99. The van der Waals surface area contributed by atoms with Gasteiger partial charge in [-0.15, -0.1) is 0 Å². The summed E-state index contributed by atoms with van der Waals surface area (Å²) in [4.78, 5) is 16.3. The van der Waals surface area contributed by atoms with E-state index in [1.54, 1.807) is 12.4 Å². The van der Waals surface area contributed by atoms with Crippen molar-refractivity contribution < 1.29 is 9.53 Å². The van der Waals surface area contributed by atoms with Gasteiger partial charge in [0.1, 0.15) is 5.75 Å². The highest BCUT2D eigenvalue weighted by Crippen LogP contribution is 2.20. The number of hydrogen-bond acceptors (Lipinski definition) is 4. The Morgan fingerprint density at radius 3 is 2.95 bits per heavy atom. The highest BCUT2D eigenvalue weighted by molar-refractivity contribution is 5.96. The van der Waals surface area contributed by atoms with E-state index in [0.717, 1.165) is 25.9 Å². The van der Waals surface area contributed by atoms with Crippen molar-refractivity contribution in [3.05, 3.63) is 24.0 Å². The lowest BCUT2D eigenvalue weighted by Crippen LogP contribution is -2.28. The number of piperidine rings is 1. The molecule has 110 valence electrons. The molecule has 1 N–H and O–H groups in total. The van der Waals surface area contributed by atoms with Crippen molar-refractivity contribution >= 4 is 5.78 Å². The second-order valence-corrected chi connectivity index (χ2v) is 5.41. The van der Waals surface area contributed by atoms with Crippen LogP contribution in [0, 0.1) is 5.92 Å². The van der Waals surface area contributed by atoms with Crippen LogP contribution in [0.4, 0.5) is 0 Å². The number of aromatic nitrogens is 1. The van der Waals surface area contributed by atoms with Crippen LogP contribution in [0.5, 0.6) is 5.75 Å². The minimum absolute atomic E-state index is 0.179. The fourth-order valence-corrected chi connectivity index (χ4v) is 2.52. The number of carbonyl (C=O) groups is 1. The van der Waals surface area contributed by atoms with Gasteiger partial charge in [0.2, 0.25) is 0 Å². The van der Waals surface area contributed by atoms with E-state index in [2.05, 4.69) is 17.2 Å². The van der Waals surface area contributed by atoms with Gasteiger partial charge in [-0.05, 0) is 50.8 Å². The van der Waals surface area contributed by atoms with Crippen molar-refractivity contribution in [1.29, 1.82) is 0 Å². The SMILES string of the molecule is CCCOc1cncc(C(=O)CCC2CCNCC2)c1. The summed E-state index contributed by atoms with van der Waals surface area (Å²) in [6.07, 6.45) is 8.23. The van der Waals surface area contributed by atoms with Crippen LogP contribution in [0.15, 0.2) is 18.5 Å². The molecule has 0 atom stereocenters. The van der Waals surface area contributed by atoms with Crippen LogP contribution in [-0.4, -0.2) is 30.5 Å². The van der Waals surface area contributed by atoms with E-state index in [0.29, 0.717) is 30.3 Å². The second kappa shape index (κ2) is 8.00. The van der Waals surface area contributed by atoms with Crippen LogP contribution in [0.2, 0.25) is 0 Å². The van der Waals surface area contributed by atoms with Crippen LogP contribution < -0.4 is 10.1 Å². The molecule has 4 heteroatoms. The van der Waals surface area contributed by atoms with E-state index in [-0.39, 0.29) is 5.78 Å². The van der Waals surface area contributed by atoms with Gasteiger partial charge in [-0.25, -0.2) is 0 Å². The Hall–Kier alpha value is -1.42. The predicted molar refractivity (Wildman–Crippen MR) is 79.2 cm³/mol. The molecule has 0 spiro atoms. The summed E-state index contributed by atoms with van der Waals surface area (Å²) in [5, 5.41) is 3.35. The normalized spacial score (nSPS) is 16.1. The molecule has 1 aromatic heterocycles. The summed E-state index contributed by atoms with van der Waals surface area (Å²) in [5.74, 6) is 1.56. The maximum atomic E-state index is 12.2. The summed E-state index contributed by atoms with van der Waals surface area (Å²) in [7, 11) is 0. The average molecular weight is 276 g/mol. The van der Waals surface area contributed by atoms with Gasteiger partial charge < -0.3 is 10.1 Å². The lowest BCUT2D eigenvalue weighted by molar-refractivity contribution is 0.0970. The van der Waals surface area contributed by atoms with E-state index >= 15 is 0 Å². The third kappa shape index (κ3) is 4.60. The first-order chi connectivity index (χ1) is 9.79. The lowest BCUT2D eigenvalue weighted by atomic mass is 9.91. The molecule has 0 bridgehead atoms. The van der Waals surface area contributed by atoms with Gasteiger partial charge in [-0.2, -0.15) is 0 Å². The number of Topliss-reactive ketones (excluding diaryl/α,β-unsaturated/α-hetero) is 1. The molecule has 0 amide bonds. The summed E-state index contributed by atoms with van der Waals surface area (Å²) in [6.45, 7) is 4.89. The summed E-state index contributed by atoms with van der Waals surface area (Å²) in [6, 6.07) is 1.81. The van der Waals surface area contributed by atoms with E-state index in [1.165, 1.54) is 12.8 Å². The summed E-state index contributed by atoms with van der Waals surface area (Å²) in [5.41, 5.74) is 0.674. The molecule has 2 rings (SSSR count). The molecule has 4 nitrogen and oxygen atoms in total. The number of ether oxygens (including phenoxy) is 1. The Morgan fingerprint density at radius 2 is 2.20 bits per heavy atom. The van der Waals surface area contributed by atoms with E-state index in [1.807, 2.05) is 6.07 Å². The maximum absolute atomic E-state index is 12.2. The lowest BCUT2D eigenvalue weighted by Gasteiger charge is -2.22. The first kappa shape index (κ1) is 15.0. The molecule has 0 radical (unpaired) electrons. The van der Waals surface area contributed by atoms with Gasteiger partial charge in [0.15, 0.2) is 5.78 Å². The molecule has 0 aromatic carbocycles. The van der Waals surface area contributed by atoms with Crippen molar-refractivity contribution in [3.63, 3.8) is 0 Å². The van der Waals surface area contributed by atoms with Crippen molar-refractivity contribution in [2.24, 2.45) is 5.92 Å². The topological polar surface area (TPSA) is 51.2 Å². The van der Waals surface area contributed by atoms with Gasteiger partial charge in [-0.3, -0.25) is 9.78 Å². The van der Waals surface area contributed by atoms with Crippen LogP contribution in [-0.2, 0) is 0 Å². The molecule has 20 heavy (non-hydrogen) atoms. The van der Waals surface area contributed by atoms with Crippen LogP contribution >= 0.6 is 0 Å². The van der Waals surface area contributed by atoms with Crippen molar-refractivity contribution in [1.82, 2.24) is 10.3 Å². The molecule has 0 saturated carbocycles. The molecule has 1 saturated heterocycles. The standard InChI is InChI=1S/C16H24N2O2/c1-2-9-20-15-10-14(11-18-12-15)16(19)4-3-13-5-7-17-8-6-13/h10-13,17H,2-9H2,1H3. The number of rotatable bonds is 7. The zero-order valence-electron chi connectivity index (χ0n) is 12.2. The number of carbonyl (C=O) groups excluding carboxylic acids is 1. The zero-order chi connectivity index (χ0) is 14.2. The fourth-order valence-electron chi connectivity index (χ4n) is 2.52. The first-order valence-corrected chi connectivity index (χ1v) is 7.61. The highest BCUT2D eigenvalue weighted by Gasteiger charge is 2.15. The average Bonchev–Trinajstić information content (AvgIpc) is 2.52. The molecule has 1 aliphatic rings. The largest absolute Gasteiger partial charge is 0.492 e. The molecular weight excluding hydrogens is 252 g/mol. The van der Waals surface area contributed by atoms with Gasteiger partial charge in [0.05, 0.1) is 12.8 Å². The van der Waals surface area contributed by atoms with Crippen LogP contribution in [0.1, 0.15) is 49.4 Å². The fraction of sp³-hybridized carbons (Fsp3) is 0.625. The second-order valence-electron chi connectivity index (χ2n) is 5.41. The Balaban J connectivity index is 1.84. The maximum Gasteiger partial charge on any atom is 0.164 e. The minimum Gasteiger partial charge on any atom is -0.492 e. The van der Waals surface area contributed by atoms with E-state index < -0.39 is 0 Å². The summed E-state index contributed by atoms with van der Waals surface area (Å²) >= 11 is 0. The molecule has 1 fully saturated rings. The number of ketones is 1. The molecular formula is C16H24N2O2. The molecule has 2 heterocycles. The van der Waals surface area contributed by atoms with Gasteiger partial charge in [-0.1, -0.05) is 6.92 Å². The Labute approximate surface area is 120 Å². The van der Waals surface area contributed by atoms with E-state index in [4.69, 9.17) is 4.74 Å². The van der Waals surface area contributed by atoms with Crippen molar-refractivity contribution in [3.8, 4) is 5.75 Å². The zero-order valence-corrected chi connectivity index (χ0v) is 12.2. The third-order valence-electron chi connectivity index (χ3n) is 3.75. The number of hydrogen-bond donors (Lipinski definition) is 1. The van der Waals surface area contributed by atoms with Gasteiger partial charge in [0, 0.05) is 18.2 Å². The smallest absolute Gasteiger partial charge is 0.164 e. The van der Waals surface area contributed by atoms with Crippen molar-refractivity contribution in [2.45, 2.75) is 39.0 Å². The van der Waals surface area contributed by atoms with Crippen LogP contribution in [0.3, 0.4) is 0 Å². The van der Waals surface area contributed by atoms with Crippen molar-refractivity contribution in [2.75, 3.05) is 19.7 Å². The molecule has 0 aliphatic carbocycles. The third-order valence-corrected chi connectivity index (χ3v) is 3.75. The number of pyridine rings is 1. The summed E-state index contributed by atoms with van der Waals surface area (Å²) < 4.78 is 5.52. The minimum atomic E-state index is 0.179. The highest BCUT2D eigenvalue weighted by atomic mass is 16.5. The molecule has 1 aliphatic heterocycles. The first-order valence-electron chi connectivity index (χ1n) is 7.61. The molecule has 1 aromatic rings. The Bertz CT molecular complexity index is 428. The monoisotopic (exact) mass is 276 g/mol. The van der Waals surface area contributed by atoms with Gasteiger partial charge >= 0.3 is 0 Å². The quantitative estimate of drug-likeness (QED) is 0.778. The van der Waals surface area contributed by atoms with E-state index in [9.17, 15) is 4.79 Å². The number of nitrogens with zero attached hydrogens (tertiary/aromatic N) is 1. The molecule has 0 unspecified atom stereocenters.